The minimum Gasteiger partial charge on any atom is -0.478 e. The van der Waals surface area contributed by atoms with Crippen molar-refractivity contribution in [3.8, 4) is 0 Å². The third kappa shape index (κ3) is 4.62. The molecule has 174 valence electrons. The number of piperidine rings is 1. The van der Waals surface area contributed by atoms with E-state index in [1.807, 2.05) is 13.0 Å². The molecule has 0 spiro atoms. The number of halogens is 1. The van der Waals surface area contributed by atoms with Crippen LogP contribution in [-0.2, 0) is 4.79 Å². The number of amides is 1. The van der Waals surface area contributed by atoms with Crippen LogP contribution in [0.1, 0.15) is 49.4 Å². The molecule has 8 nitrogen and oxygen atoms in total. The molecule has 0 unspecified atom stereocenters. The monoisotopic (exact) mass is 487 g/mol. The molecule has 10 heteroatoms. The Morgan fingerprint density at radius 2 is 2.09 bits per heavy atom. The van der Waals surface area contributed by atoms with Gasteiger partial charge in [0.1, 0.15) is 10.9 Å². The number of aromatic carboxylic acids is 1. The molecule has 1 saturated heterocycles. The average Bonchev–Trinajstić information content (AvgIpc) is 3.36. The van der Waals surface area contributed by atoms with E-state index in [-0.39, 0.29) is 23.6 Å². The number of hydrogen-bond acceptors (Lipinski definition) is 7. The number of nitrogens with zero attached hydrogens (tertiary/aromatic N) is 3. The van der Waals surface area contributed by atoms with Crippen molar-refractivity contribution in [2.24, 2.45) is 4.99 Å². The van der Waals surface area contributed by atoms with E-state index in [9.17, 15) is 14.7 Å². The smallest absolute Gasteiger partial charge is 0.337 e. The van der Waals surface area contributed by atoms with Gasteiger partial charge in [0.25, 0.3) is 5.91 Å². The highest BCUT2D eigenvalue weighted by atomic mass is 35.5. The zero-order valence-corrected chi connectivity index (χ0v) is 19.9. The number of carbonyl (C=O) groups excluding carboxylic acids is 1. The van der Waals surface area contributed by atoms with Crippen molar-refractivity contribution in [3.63, 3.8) is 0 Å². The second-order valence-electron chi connectivity index (χ2n) is 8.80. The molecule has 3 aliphatic rings. The first kappa shape index (κ1) is 22.3. The lowest BCUT2D eigenvalue weighted by Crippen LogP contribution is -2.60. The van der Waals surface area contributed by atoms with Crippen molar-refractivity contribution < 1.29 is 14.7 Å². The highest BCUT2D eigenvalue weighted by Gasteiger charge is 2.36. The van der Waals surface area contributed by atoms with Gasteiger partial charge in [0.05, 0.1) is 15.8 Å². The predicted molar refractivity (Wildman–Crippen MR) is 131 cm³/mol. The first-order valence-electron chi connectivity index (χ1n) is 11.3. The Bertz CT molecular complexity index is 1170. The van der Waals surface area contributed by atoms with Crippen LogP contribution in [0.15, 0.2) is 33.9 Å². The molecule has 1 aromatic heterocycles. The van der Waals surface area contributed by atoms with Crippen LogP contribution in [0.4, 0.5) is 5.13 Å². The largest absolute Gasteiger partial charge is 0.478 e. The van der Waals surface area contributed by atoms with Gasteiger partial charge in [-0.05, 0) is 43.4 Å². The van der Waals surface area contributed by atoms with E-state index >= 15 is 0 Å². The summed E-state index contributed by atoms with van der Waals surface area (Å²) >= 11 is 7.58. The number of aliphatic imine (C=N–C) groups is 1. The fraction of sp³-hybridized carbons (Fsp3) is 0.478. The predicted octanol–water partition coefficient (Wildman–Crippen LogP) is 3.52. The van der Waals surface area contributed by atoms with Crippen molar-refractivity contribution in [2.75, 3.05) is 18.0 Å². The first-order chi connectivity index (χ1) is 15.9. The minimum atomic E-state index is -0.943. The molecule has 33 heavy (non-hydrogen) atoms. The Morgan fingerprint density at radius 1 is 1.27 bits per heavy atom. The molecule has 3 N–H and O–H groups in total. The number of thiazole rings is 1. The second kappa shape index (κ2) is 9.04. The van der Waals surface area contributed by atoms with Crippen LogP contribution in [0.2, 0.25) is 0 Å². The lowest BCUT2D eigenvalue weighted by Gasteiger charge is -2.39. The fourth-order valence-corrected chi connectivity index (χ4v) is 5.83. The summed E-state index contributed by atoms with van der Waals surface area (Å²) < 4.78 is 0.692. The van der Waals surface area contributed by atoms with Gasteiger partial charge in [0.2, 0.25) is 0 Å². The van der Waals surface area contributed by atoms with E-state index in [2.05, 4.69) is 20.5 Å². The molecule has 2 fully saturated rings. The van der Waals surface area contributed by atoms with E-state index in [4.69, 9.17) is 16.6 Å². The molecule has 2 aromatic rings. The van der Waals surface area contributed by atoms with E-state index in [1.54, 1.807) is 12.1 Å². The van der Waals surface area contributed by atoms with Crippen LogP contribution in [-0.4, -0.2) is 58.9 Å². The Morgan fingerprint density at radius 3 is 2.79 bits per heavy atom. The van der Waals surface area contributed by atoms with Crippen LogP contribution in [0.5, 0.6) is 0 Å². The number of hydrogen-bond donors (Lipinski definition) is 3. The number of carbonyl (C=O) groups is 2. The summed E-state index contributed by atoms with van der Waals surface area (Å²) in [4.78, 5) is 35.7. The Hall–Kier alpha value is -2.49. The lowest BCUT2D eigenvalue weighted by molar-refractivity contribution is -0.115. The molecule has 0 bridgehead atoms. The van der Waals surface area contributed by atoms with Gasteiger partial charge < -0.3 is 20.6 Å². The van der Waals surface area contributed by atoms with Gasteiger partial charge in [-0.2, -0.15) is 0 Å². The zero-order valence-electron chi connectivity index (χ0n) is 18.3. The van der Waals surface area contributed by atoms with Crippen LogP contribution >= 0.6 is 22.9 Å². The number of anilines is 1. The maximum atomic E-state index is 12.9. The van der Waals surface area contributed by atoms with E-state index in [0.717, 1.165) is 42.9 Å². The van der Waals surface area contributed by atoms with Crippen molar-refractivity contribution >= 4 is 55.9 Å². The average molecular weight is 488 g/mol. The number of carboxylic acid groups (broad SMARTS) is 1. The summed E-state index contributed by atoms with van der Waals surface area (Å²) in [7, 11) is 0. The molecule has 3 heterocycles. The van der Waals surface area contributed by atoms with Crippen LogP contribution in [0.3, 0.4) is 0 Å². The van der Waals surface area contributed by atoms with E-state index in [0.29, 0.717) is 40.1 Å². The number of rotatable bonds is 7. The van der Waals surface area contributed by atoms with Gasteiger partial charge in [0, 0.05) is 37.6 Å². The maximum Gasteiger partial charge on any atom is 0.337 e. The van der Waals surface area contributed by atoms with Gasteiger partial charge in [0.15, 0.2) is 5.13 Å². The topological polar surface area (TPSA) is 107 Å². The number of fused-ring (bicyclic) bond motifs is 1. The SMILES string of the molecule is CCC1=C(Cl)N=C(C(=O)N[C@@H]2CCN(c3nc4cccc(C(=O)O)c4s3)C[C@H]2NC2CC2)C1. The summed E-state index contributed by atoms with van der Waals surface area (Å²) in [6.45, 7) is 3.43. The summed E-state index contributed by atoms with van der Waals surface area (Å²) in [5, 5.41) is 17.6. The lowest BCUT2D eigenvalue weighted by atomic mass is 9.98. The number of aromatic nitrogens is 1. The number of nitrogens with one attached hydrogen (secondary N) is 2. The molecular formula is C23H26ClN5O3S. The van der Waals surface area contributed by atoms with Crippen LogP contribution in [0, 0.1) is 0 Å². The van der Waals surface area contributed by atoms with E-state index in [1.165, 1.54) is 11.3 Å². The molecule has 2 aliphatic heterocycles. The maximum absolute atomic E-state index is 12.9. The summed E-state index contributed by atoms with van der Waals surface area (Å²) in [5.41, 5.74) is 2.46. The zero-order chi connectivity index (χ0) is 23.1. The third-order valence-electron chi connectivity index (χ3n) is 6.46. The highest BCUT2D eigenvalue weighted by Crippen LogP contribution is 2.33. The van der Waals surface area contributed by atoms with Gasteiger partial charge in [-0.1, -0.05) is 35.9 Å². The standard InChI is InChI=1S/C23H26ClN5O3S/c1-2-12-10-17(26-20(12)24)21(30)27-15-8-9-29(11-18(15)25-13-6-7-13)23-28-16-5-3-4-14(22(31)32)19(16)33-23/h3-5,13,15,18,25H,2,6-11H2,1H3,(H,27,30)(H,31,32)/t15-,18-/m1/s1. The normalized spacial score (nSPS) is 23.2. The third-order valence-corrected chi connectivity index (χ3v) is 7.97. The molecule has 1 amide bonds. The second-order valence-corrected chi connectivity index (χ2v) is 10.1. The molecule has 1 aliphatic carbocycles. The molecule has 5 rings (SSSR count). The Kier molecular flexibility index (Phi) is 6.11. The summed E-state index contributed by atoms with van der Waals surface area (Å²) in [5.74, 6) is -1.09. The van der Waals surface area contributed by atoms with Gasteiger partial charge >= 0.3 is 5.97 Å². The summed E-state index contributed by atoms with van der Waals surface area (Å²) in [6, 6.07) is 5.71. The molecule has 1 saturated carbocycles. The number of benzene rings is 1. The number of carboxylic acids is 1. The van der Waals surface area contributed by atoms with Crippen molar-refractivity contribution in [2.45, 2.75) is 57.2 Å². The Labute approximate surface area is 200 Å². The summed E-state index contributed by atoms with van der Waals surface area (Å²) in [6.07, 6.45) is 4.35. The highest BCUT2D eigenvalue weighted by molar-refractivity contribution is 7.22. The number of allylic oxidation sites excluding steroid dienone is 1. The molecular weight excluding hydrogens is 462 g/mol. The Balaban J connectivity index is 1.31. The van der Waals surface area contributed by atoms with Crippen molar-refractivity contribution in [1.82, 2.24) is 15.6 Å². The molecule has 1 aromatic carbocycles. The van der Waals surface area contributed by atoms with Gasteiger partial charge in [-0.3, -0.25) is 4.79 Å². The minimum absolute atomic E-state index is 0.0227. The quantitative estimate of drug-likeness (QED) is 0.516. The fourth-order valence-electron chi connectivity index (χ4n) is 4.43. The van der Waals surface area contributed by atoms with Crippen LogP contribution in [0.25, 0.3) is 10.2 Å². The van der Waals surface area contributed by atoms with Gasteiger partial charge in [-0.25, -0.2) is 14.8 Å². The molecule has 2 atom stereocenters. The van der Waals surface area contributed by atoms with E-state index < -0.39 is 5.97 Å². The first-order valence-corrected chi connectivity index (χ1v) is 12.5. The molecule has 0 radical (unpaired) electrons. The van der Waals surface area contributed by atoms with Crippen molar-refractivity contribution in [1.29, 1.82) is 0 Å². The van der Waals surface area contributed by atoms with Crippen LogP contribution < -0.4 is 15.5 Å². The van der Waals surface area contributed by atoms with Crippen molar-refractivity contribution in [3.05, 3.63) is 34.5 Å². The van der Waals surface area contributed by atoms with Gasteiger partial charge in [-0.15, -0.1) is 0 Å².